The van der Waals surface area contributed by atoms with Crippen LogP contribution >= 0.6 is 0 Å². The van der Waals surface area contributed by atoms with Gasteiger partial charge in [0.05, 0.1) is 0 Å². The molecule has 0 spiro atoms. The van der Waals surface area contributed by atoms with Gasteiger partial charge in [0.25, 0.3) is 0 Å². The largest absolute Gasteiger partial charge is 0.0654 e. The fraction of sp³-hybridized carbons (Fsp3) is 0.972. The molecule has 1 unspecified atom stereocenters. The van der Waals surface area contributed by atoms with Gasteiger partial charge in [-0.1, -0.05) is 226 Å². The third-order valence-electron chi connectivity index (χ3n) is 8.54. The highest BCUT2D eigenvalue weighted by molar-refractivity contribution is 4.62. The van der Waals surface area contributed by atoms with E-state index >= 15 is 0 Å². The van der Waals surface area contributed by atoms with Crippen LogP contribution in [0.2, 0.25) is 0 Å². The molecule has 0 aliphatic heterocycles. The Morgan fingerprint density at radius 1 is 0.306 bits per heavy atom. The fourth-order valence-electron chi connectivity index (χ4n) is 5.94. The molecule has 0 aromatic rings. The molecule has 0 rings (SSSR count). The summed E-state index contributed by atoms with van der Waals surface area (Å²) in [5.41, 5.74) is 0. The summed E-state index contributed by atoms with van der Waals surface area (Å²) in [6, 6.07) is 0. The van der Waals surface area contributed by atoms with Gasteiger partial charge in [0.15, 0.2) is 0 Å². The molecule has 0 heteroatoms. The molecular formula is C36H73. The quantitative estimate of drug-likeness (QED) is 0.0797. The van der Waals surface area contributed by atoms with Crippen molar-refractivity contribution in [2.24, 2.45) is 5.92 Å². The average molecular weight is 506 g/mol. The van der Waals surface area contributed by atoms with Gasteiger partial charge >= 0.3 is 0 Å². The van der Waals surface area contributed by atoms with E-state index in [4.69, 9.17) is 0 Å². The lowest BCUT2D eigenvalue weighted by atomic mass is 9.90. The van der Waals surface area contributed by atoms with E-state index in [0.29, 0.717) is 0 Å². The molecular weight excluding hydrogens is 432 g/mol. The molecule has 0 aliphatic rings. The van der Waals surface area contributed by atoms with Crippen molar-refractivity contribution in [2.45, 2.75) is 219 Å². The number of rotatable bonds is 32. The maximum atomic E-state index is 4.10. The van der Waals surface area contributed by atoms with Crippen molar-refractivity contribution in [3.05, 3.63) is 6.92 Å². The topological polar surface area (TPSA) is 0 Å². The molecule has 0 aliphatic carbocycles. The maximum absolute atomic E-state index is 4.10. The lowest BCUT2D eigenvalue weighted by Crippen LogP contribution is -2.01. The molecule has 0 bridgehead atoms. The Balaban J connectivity index is 3.47. The Kier molecular flexibility index (Phi) is 33.0. The van der Waals surface area contributed by atoms with Gasteiger partial charge in [-0.3, -0.25) is 0 Å². The number of hydrogen-bond donors (Lipinski definition) is 0. The van der Waals surface area contributed by atoms with E-state index in [1.54, 1.807) is 0 Å². The molecule has 0 saturated carbocycles. The lowest BCUT2D eigenvalue weighted by molar-refractivity contribution is 0.372. The monoisotopic (exact) mass is 506 g/mol. The summed E-state index contributed by atoms with van der Waals surface area (Å²) in [4.78, 5) is 0. The minimum Gasteiger partial charge on any atom is -0.0654 e. The SMILES string of the molecule is [CH2]CCCC(CCCCCCCCCCCCCCC)CCCCCCCCCCCCCCCC. The zero-order chi connectivity index (χ0) is 26.2. The first-order valence-corrected chi connectivity index (χ1v) is 17.6. The second-order valence-electron chi connectivity index (χ2n) is 12.3. The van der Waals surface area contributed by atoms with Crippen molar-refractivity contribution in [2.75, 3.05) is 0 Å². The predicted molar refractivity (Wildman–Crippen MR) is 168 cm³/mol. The highest BCUT2D eigenvalue weighted by Crippen LogP contribution is 2.24. The van der Waals surface area contributed by atoms with Crippen LogP contribution in [0, 0.1) is 12.8 Å². The smallest absolute Gasteiger partial charge is 0.0414 e. The summed E-state index contributed by atoms with van der Waals surface area (Å²) in [5, 5.41) is 0. The van der Waals surface area contributed by atoms with Crippen molar-refractivity contribution in [1.82, 2.24) is 0 Å². The molecule has 36 heavy (non-hydrogen) atoms. The molecule has 0 N–H and O–H groups in total. The van der Waals surface area contributed by atoms with Gasteiger partial charge in [-0.2, -0.15) is 0 Å². The molecule has 0 heterocycles. The molecule has 0 saturated heterocycles. The van der Waals surface area contributed by atoms with Gasteiger partial charge in [0.2, 0.25) is 0 Å². The molecule has 0 fully saturated rings. The number of hydrogen-bond acceptors (Lipinski definition) is 0. The molecule has 1 atom stereocenters. The minimum absolute atomic E-state index is 0.997. The predicted octanol–water partition coefficient (Wildman–Crippen LogP) is 14.0. The van der Waals surface area contributed by atoms with E-state index in [0.717, 1.165) is 12.3 Å². The van der Waals surface area contributed by atoms with E-state index in [1.807, 2.05) is 0 Å². The minimum atomic E-state index is 0.997. The van der Waals surface area contributed by atoms with Crippen LogP contribution in [0.4, 0.5) is 0 Å². The Hall–Kier alpha value is 0. The van der Waals surface area contributed by atoms with Crippen LogP contribution in [0.25, 0.3) is 0 Å². The van der Waals surface area contributed by atoms with Crippen molar-refractivity contribution in [3.8, 4) is 0 Å². The summed E-state index contributed by atoms with van der Waals surface area (Å²) < 4.78 is 0. The lowest BCUT2D eigenvalue weighted by Gasteiger charge is -2.16. The van der Waals surface area contributed by atoms with Crippen LogP contribution in [0.3, 0.4) is 0 Å². The normalized spacial score (nSPS) is 12.4. The summed E-state index contributed by atoms with van der Waals surface area (Å²) >= 11 is 0. The van der Waals surface area contributed by atoms with Crippen molar-refractivity contribution in [1.29, 1.82) is 0 Å². The Morgan fingerprint density at radius 2 is 0.528 bits per heavy atom. The highest BCUT2D eigenvalue weighted by Gasteiger charge is 2.08. The molecule has 1 radical (unpaired) electrons. The summed E-state index contributed by atoms with van der Waals surface area (Å²) in [6.45, 7) is 8.72. The standard InChI is InChI=1S/C36H73/c1-4-7-10-12-14-16-18-20-22-24-26-28-30-32-35-36(33-9-6-3)34-31-29-27-25-23-21-19-17-15-13-11-8-5-2/h36H,3-35H2,1-2H3. The second-order valence-corrected chi connectivity index (χ2v) is 12.3. The summed E-state index contributed by atoms with van der Waals surface area (Å²) in [5.74, 6) is 0.997. The first-order chi connectivity index (χ1) is 17.8. The molecule has 0 nitrogen and oxygen atoms in total. The zero-order valence-corrected chi connectivity index (χ0v) is 25.9. The first kappa shape index (κ1) is 36.0. The van der Waals surface area contributed by atoms with E-state index in [2.05, 4.69) is 20.8 Å². The van der Waals surface area contributed by atoms with Crippen LogP contribution in [0.1, 0.15) is 219 Å². The Bertz CT molecular complexity index is 359. The highest BCUT2D eigenvalue weighted by atomic mass is 14.1. The molecule has 0 aromatic carbocycles. The maximum Gasteiger partial charge on any atom is -0.0414 e. The van der Waals surface area contributed by atoms with Crippen molar-refractivity contribution in [3.63, 3.8) is 0 Å². The van der Waals surface area contributed by atoms with Crippen LogP contribution in [0.5, 0.6) is 0 Å². The van der Waals surface area contributed by atoms with Gasteiger partial charge in [-0.15, -0.1) is 0 Å². The van der Waals surface area contributed by atoms with Gasteiger partial charge < -0.3 is 0 Å². The van der Waals surface area contributed by atoms with Crippen molar-refractivity contribution < 1.29 is 0 Å². The van der Waals surface area contributed by atoms with E-state index in [-0.39, 0.29) is 0 Å². The van der Waals surface area contributed by atoms with Gasteiger partial charge in [0, 0.05) is 0 Å². The second kappa shape index (κ2) is 33.0. The van der Waals surface area contributed by atoms with Crippen LogP contribution in [-0.2, 0) is 0 Å². The first-order valence-electron chi connectivity index (χ1n) is 17.6. The van der Waals surface area contributed by atoms with Crippen LogP contribution < -0.4 is 0 Å². The van der Waals surface area contributed by atoms with Gasteiger partial charge in [0.1, 0.15) is 0 Å². The Morgan fingerprint density at radius 3 is 0.778 bits per heavy atom. The van der Waals surface area contributed by atoms with Crippen LogP contribution in [-0.4, -0.2) is 0 Å². The molecule has 217 valence electrons. The fourth-order valence-corrected chi connectivity index (χ4v) is 5.94. The molecule has 0 amide bonds. The average Bonchev–Trinajstić information content (AvgIpc) is 2.89. The third kappa shape index (κ3) is 30.2. The van der Waals surface area contributed by atoms with Gasteiger partial charge in [-0.25, -0.2) is 0 Å². The molecule has 0 aromatic heterocycles. The van der Waals surface area contributed by atoms with E-state index in [9.17, 15) is 0 Å². The van der Waals surface area contributed by atoms with Crippen molar-refractivity contribution >= 4 is 0 Å². The Labute approximate surface area is 232 Å². The van der Waals surface area contributed by atoms with E-state index in [1.165, 1.54) is 199 Å². The van der Waals surface area contributed by atoms with Gasteiger partial charge in [-0.05, 0) is 5.92 Å². The van der Waals surface area contributed by atoms with Crippen LogP contribution in [0.15, 0.2) is 0 Å². The number of unbranched alkanes of at least 4 members (excludes halogenated alkanes) is 26. The summed E-state index contributed by atoms with van der Waals surface area (Å²) in [7, 11) is 0. The third-order valence-corrected chi connectivity index (χ3v) is 8.54. The van der Waals surface area contributed by atoms with E-state index < -0.39 is 0 Å². The summed E-state index contributed by atoms with van der Waals surface area (Å²) in [6.07, 6.45) is 46.6. The zero-order valence-electron chi connectivity index (χ0n) is 25.9.